The Morgan fingerprint density at radius 1 is 1.30 bits per heavy atom. The van der Waals surface area contributed by atoms with Crippen LogP contribution in [0.2, 0.25) is 10.0 Å². The Kier molecular flexibility index (Phi) is 7.73. The molecule has 0 saturated carbocycles. The van der Waals surface area contributed by atoms with Crippen LogP contribution in [0, 0.1) is 0 Å². The molecule has 7 nitrogen and oxygen atoms in total. The first kappa shape index (κ1) is 22.1. The lowest BCUT2D eigenvalue weighted by molar-refractivity contribution is -0.113. The smallest absolute Gasteiger partial charge is 0.236 e. The fourth-order valence-electron chi connectivity index (χ4n) is 2.56. The van der Waals surface area contributed by atoms with Gasteiger partial charge >= 0.3 is 0 Å². The van der Waals surface area contributed by atoms with Gasteiger partial charge in [0.15, 0.2) is 17.1 Å². The number of hydrogen-bond donors (Lipinski definition) is 1. The molecule has 0 aliphatic carbocycles. The van der Waals surface area contributed by atoms with Crippen LogP contribution in [0.3, 0.4) is 0 Å². The second-order valence-corrected chi connectivity index (χ2v) is 7.97. The minimum atomic E-state index is -0.377. The fourth-order valence-corrected chi connectivity index (χ4v) is 3.61. The van der Waals surface area contributed by atoms with Crippen LogP contribution in [0.15, 0.2) is 60.4 Å². The van der Waals surface area contributed by atoms with Gasteiger partial charge in [0.1, 0.15) is 11.6 Å². The van der Waals surface area contributed by atoms with E-state index in [0.29, 0.717) is 39.1 Å². The number of ether oxygens (including phenoxy) is 1. The Morgan fingerprint density at radius 3 is 2.83 bits per heavy atom. The summed E-state index contributed by atoms with van der Waals surface area (Å²) < 4.78 is 7.81. The summed E-state index contributed by atoms with van der Waals surface area (Å²) in [5.41, 5.74) is 0. The summed E-state index contributed by atoms with van der Waals surface area (Å²) in [6.07, 6.45) is 2.83. The Balaban J connectivity index is 1.66. The van der Waals surface area contributed by atoms with Crippen molar-refractivity contribution < 1.29 is 9.53 Å². The number of halogens is 2. The molecule has 0 bridgehead atoms. The monoisotopic (exact) mass is 463 g/mol. The van der Waals surface area contributed by atoms with Crippen LogP contribution >= 0.6 is 35.0 Å². The summed E-state index contributed by atoms with van der Waals surface area (Å²) >= 11 is 13.1. The number of anilines is 1. The third kappa shape index (κ3) is 5.98. The molecule has 0 spiro atoms. The number of nitrogens with one attached hydrogen (secondary N) is 1. The molecule has 0 aliphatic rings. The maximum atomic E-state index is 12.2. The highest BCUT2D eigenvalue weighted by atomic mass is 35.5. The molecule has 0 fully saturated rings. The van der Waals surface area contributed by atoms with E-state index in [0.717, 1.165) is 0 Å². The van der Waals surface area contributed by atoms with Crippen LogP contribution in [0.25, 0.3) is 0 Å². The van der Waals surface area contributed by atoms with Crippen LogP contribution in [-0.2, 0) is 11.3 Å². The molecule has 1 atom stereocenters. The first-order valence-electron chi connectivity index (χ1n) is 8.96. The fraction of sp³-hybridized carbons (Fsp3) is 0.200. The molecule has 30 heavy (non-hydrogen) atoms. The molecule has 2 aromatic heterocycles. The summed E-state index contributed by atoms with van der Waals surface area (Å²) in [4.78, 5) is 16.3. The largest absolute Gasteiger partial charge is 0.483 e. The van der Waals surface area contributed by atoms with E-state index < -0.39 is 0 Å². The van der Waals surface area contributed by atoms with E-state index in [4.69, 9.17) is 27.9 Å². The normalized spacial score (nSPS) is 11.7. The van der Waals surface area contributed by atoms with Crippen LogP contribution in [0.4, 0.5) is 5.82 Å². The summed E-state index contributed by atoms with van der Waals surface area (Å²) in [6.45, 7) is 6.14. The van der Waals surface area contributed by atoms with Crippen molar-refractivity contribution in [1.82, 2.24) is 19.7 Å². The Morgan fingerprint density at radius 2 is 2.13 bits per heavy atom. The molecular formula is C20H19Cl2N5O2S. The van der Waals surface area contributed by atoms with Crippen molar-refractivity contribution in [3.05, 3.63) is 71.1 Å². The quantitative estimate of drug-likeness (QED) is 0.353. The first-order chi connectivity index (χ1) is 14.5. The molecule has 1 amide bonds. The number of carbonyl (C=O) groups is 1. The maximum absolute atomic E-state index is 12.2. The molecule has 3 aromatic rings. The van der Waals surface area contributed by atoms with Crippen LogP contribution < -0.4 is 10.1 Å². The molecule has 3 rings (SSSR count). The molecule has 1 unspecified atom stereocenters. The van der Waals surface area contributed by atoms with Crippen molar-refractivity contribution in [3.63, 3.8) is 0 Å². The summed E-state index contributed by atoms with van der Waals surface area (Å²) in [5, 5.41) is 12.9. The number of benzene rings is 1. The average Bonchev–Trinajstić information content (AvgIpc) is 3.11. The lowest BCUT2D eigenvalue weighted by atomic mass is 10.3. The number of carbonyl (C=O) groups excluding carboxylic acids is 1. The number of allylic oxidation sites excluding steroid dienone is 1. The summed E-state index contributed by atoms with van der Waals surface area (Å²) in [5.74, 6) is 1.61. The first-order valence-corrected chi connectivity index (χ1v) is 10.7. The van der Waals surface area contributed by atoms with Crippen molar-refractivity contribution in [2.45, 2.75) is 24.7 Å². The van der Waals surface area contributed by atoms with Gasteiger partial charge in [0.25, 0.3) is 0 Å². The van der Waals surface area contributed by atoms with Crippen LogP contribution in [-0.4, -0.2) is 31.4 Å². The van der Waals surface area contributed by atoms with Crippen LogP contribution in [0.5, 0.6) is 5.75 Å². The minimum absolute atomic E-state index is 0.142. The minimum Gasteiger partial charge on any atom is -0.483 e. The van der Waals surface area contributed by atoms with Gasteiger partial charge in [-0.1, -0.05) is 47.1 Å². The lowest BCUT2D eigenvalue weighted by Gasteiger charge is -2.15. The van der Waals surface area contributed by atoms with Gasteiger partial charge in [0.2, 0.25) is 5.91 Å². The molecule has 10 heteroatoms. The van der Waals surface area contributed by atoms with Gasteiger partial charge < -0.3 is 10.1 Å². The highest BCUT2D eigenvalue weighted by Gasteiger charge is 2.20. The Hall–Kier alpha value is -2.55. The van der Waals surface area contributed by atoms with Gasteiger partial charge in [-0.2, -0.15) is 0 Å². The van der Waals surface area contributed by atoms with Crippen molar-refractivity contribution in [2.24, 2.45) is 0 Å². The third-order valence-corrected chi connectivity index (χ3v) is 5.28. The molecule has 1 aromatic carbocycles. The van der Waals surface area contributed by atoms with E-state index >= 15 is 0 Å². The molecule has 0 saturated heterocycles. The van der Waals surface area contributed by atoms with Crippen molar-refractivity contribution in [3.8, 4) is 5.75 Å². The van der Waals surface area contributed by atoms with E-state index in [9.17, 15) is 4.79 Å². The third-order valence-electron chi connectivity index (χ3n) is 3.86. The predicted molar refractivity (Wildman–Crippen MR) is 119 cm³/mol. The topological polar surface area (TPSA) is 81.9 Å². The number of hydrogen-bond acceptors (Lipinski definition) is 6. The number of pyridine rings is 1. The highest BCUT2D eigenvalue weighted by Crippen LogP contribution is 2.26. The zero-order valence-corrected chi connectivity index (χ0v) is 18.4. The summed E-state index contributed by atoms with van der Waals surface area (Å²) in [6, 6.07) is 10.4. The second-order valence-electron chi connectivity index (χ2n) is 6.16. The Bertz CT molecular complexity index is 1030. The molecule has 0 radical (unpaired) electrons. The van der Waals surface area contributed by atoms with Crippen molar-refractivity contribution in [2.75, 3.05) is 11.1 Å². The van der Waals surface area contributed by atoms with Gasteiger partial charge in [-0.25, -0.2) is 4.98 Å². The van der Waals surface area contributed by atoms with Crippen LogP contribution in [0.1, 0.15) is 18.9 Å². The van der Waals surface area contributed by atoms with Crippen molar-refractivity contribution >= 4 is 46.7 Å². The number of aromatic nitrogens is 4. The molecular weight excluding hydrogens is 445 g/mol. The maximum Gasteiger partial charge on any atom is 0.236 e. The number of thioether (sulfide) groups is 1. The van der Waals surface area contributed by atoms with Crippen molar-refractivity contribution in [1.29, 1.82) is 0 Å². The number of nitrogens with zero attached hydrogens (tertiary/aromatic N) is 4. The zero-order valence-electron chi connectivity index (χ0n) is 16.1. The lowest BCUT2D eigenvalue weighted by Crippen LogP contribution is -2.16. The predicted octanol–water partition coefficient (Wildman–Crippen LogP) is 5.04. The molecule has 156 valence electrons. The van der Waals surface area contributed by atoms with Gasteiger partial charge in [-0.3, -0.25) is 9.36 Å². The molecule has 2 heterocycles. The van der Waals surface area contributed by atoms with E-state index in [2.05, 4.69) is 27.1 Å². The standard InChI is InChI=1S/C20H19Cl2N5O2S/c1-3-9-27-19(13(2)29-16-6-4-5-14(21)10-16)25-26-20(27)30-12-18(28)24-17-8-7-15(22)11-23-17/h3-8,10-11,13H,1,9,12H2,2H3,(H,23,24,28). The number of amides is 1. The van der Waals surface area contributed by atoms with E-state index in [1.807, 2.05) is 23.6 Å². The summed E-state index contributed by atoms with van der Waals surface area (Å²) in [7, 11) is 0. The molecule has 1 N–H and O–H groups in total. The van der Waals surface area contributed by atoms with Gasteiger partial charge in [-0.15, -0.1) is 16.8 Å². The number of rotatable bonds is 9. The SMILES string of the molecule is C=CCn1c(SCC(=O)Nc2ccc(Cl)cn2)nnc1C(C)Oc1cccc(Cl)c1. The second kappa shape index (κ2) is 10.5. The van der Waals surface area contributed by atoms with Gasteiger partial charge in [0.05, 0.1) is 10.8 Å². The van der Waals surface area contributed by atoms with Gasteiger partial charge in [-0.05, 0) is 37.3 Å². The van der Waals surface area contributed by atoms with E-state index in [-0.39, 0.29) is 17.8 Å². The Labute approximate surface area is 188 Å². The van der Waals surface area contributed by atoms with E-state index in [1.165, 1.54) is 18.0 Å². The highest BCUT2D eigenvalue weighted by molar-refractivity contribution is 7.99. The van der Waals surface area contributed by atoms with Gasteiger partial charge in [0, 0.05) is 17.8 Å². The van der Waals surface area contributed by atoms with E-state index in [1.54, 1.807) is 30.3 Å². The average molecular weight is 464 g/mol. The zero-order chi connectivity index (χ0) is 21.5. The molecule has 0 aliphatic heterocycles.